The van der Waals surface area contributed by atoms with Gasteiger partial charge in [-0.1, -0.05) is 17.7 Å². The van der Waals surface area contributed by atoms with Gasteiger partial charge in [0, 0.05) is 10.0 Å². The molecule has 4 rings (SSSR count). The topological polar surface area (TPSA) is 57.1 Å². The number of halogens is 4. The zero-order chi connectivity index (χ0) is 18.4. The number of aldehydes is 1. The Kier molecular flexibility index (Phi) is 4.24. The van der Waals surface area contributed by atoms with Gasteiger partial charge in [-0.3, -0.25) is 20.1 Å². The predicted molar refractivity (Wildman–Crippen MR) is 98.9 cm³/mol. The highest BCUT2D eigenvalue weighted by molar-refractivity contribution is 9.10. The second-order valence-electron chi connectivity index (χ2n) is 5.63. The Morgan fingerprint density at radius 1 is 1.23 bits per heavy atom. The monoisotopic (exact) mass is 438 g/mol. The molecule has 1 atom stereocenters. The first-order chi connectivity index (χ1) is 12.5. The molecule has 1 N–H and O–H groups in total. The molecule has 2 aromatic rings. The summed E-state index contributed by atoms with van der Waals surface area (Å²) in [5.74, 6) is -1.05. The van der Waals surface area contributed by atoms with E-state index in [0.29, 0.717) is 27.8 Å². The van der Waals surface area contributed by atoms with E-state index in [-0.39, 0.29) is 22.8 Å². The number of hydrogen-bond acceptors (Lipinski definition) is 5. The number of nitrogens with one attached hydrogen (secondary N) is 1. The molecule has 9 heteroatoms. The van der Waals surface area contributed by atoms with E-state index in [4.69, 9.17) is 11.6 Å². The van der Waals surface area contributed by atoms with Crippen molar-refractivity contribution in [1.82, 2.24) is 5.43 Å². The molecule has 2 aliphatic rings. The average Bonchev–Trinajstić information content (AvgIpc) is 2.96. The Morgan fingerprint density at radius 3 is 2.65 bits per heavy atom. The van der Waals surface area contributed by atoms with Crippen molar-refractivity contribution in [2.45, 2.75) is 6.17 Å². The summed E-state index contributed by atoms with van der Waals surface area (Å²) < 4.78 is 29.4. The van der Waals surface area contributed by atoms with Crippen LogP contribution in [0.1, 0.15) is 11.1 Å². The second kappa shape index (κ2) is 6.44. The van der Waals surface area contributed by atoms with Crippen LogP contribution < -0.4 is 10.3 Å². The van der Waals surface area contributed by atoms with Gasteiger partial charge in [-0.2, -0.15) is 5.10 Å². The predicted octanol–water partition coefficient (Wildman–Crippen LogP) is 3.48. The number of nitrogens with zero attached hydrogens (tertiary/aromatic N) is 3. The number of benzene rings is 2. The first-order valence-electron chi connectivity index (χ1n) is 7.56. The van der Waals surface area contributed by atoms with Crippen molar-refractivity contribution in [2.24, 2.45) is 10.1 Å². The van der Waals surface area contributed by atoms with Crippen LogP contribution in [0.2, 0.25) is 5.02 Å². The van der Waals surface area contributed by atoms with E-state index in [1.807, 2.05) is 0 Å². The van der Waals surface area contributed by atoms with Gasteiger partial charge in [0.2, 0.25) is 0 Å². The minimum atomic E-state index is -0.750. The van der Waals surface area contributed by atoms with Crippen LogP contribution in [0.5, 0.6) is 0 Å². The molecule has 0 radical (unpaired) electrons. The van der Waals surface area contributed by atoms with Crippen LogP contribution in [0, 0.1) is 11.6 Å². The zero-order valence-corrected chi connectivity index (χ0v) is 15.4. The number of anilines is 1. The van der Waals surface area contributed by atoms with E-state index in [1.165, 1.54) is 6.07 Å². The van der Waals surface area contributed by atoms with Gasteiger partial charge in [-0.15, -0.1) is 0 Å². The number of aliphatic imine (C=N–C) groups is 1. The quantitative estimate of drug-likeness (QED) is 0.729. The van der Waals surface area contributed by atoms with Crippen molar-refractivity contribution in [2.75, 3.05) is 11.4 Å². The second-order valence-corrected chi connectivity index (χ2v) is 6.86. The minimum absolute atomic E-state index is 0.0308. The normalized spacial score (nSPS) is 18.3. The summed E-state index contributed by atoms with van der Waals surface area (Å²) in [5.41, 5.74) is 3.31. The third-order valence-electron chi connectivity index (χ3n) is 4.16. The smallest absolute Gasteiger partial charge is 0.177 e. The van der Waals surface area contributed by atoms with E-state index in [0.717, 1.165) is 12.1 Å². The number of amidine groups is 1. The molecular formula is C17H10BrClF2N4O. The Balaban J connectivity index is 2.03. The fourth-order valence-corrected chi connectivity index (χ4v) is 3.61. The Hall–Kier alpha value is -2.32. The van der Waals surface area contributed by atoms with Crippen molar-refractivity contribution in [3.05, 3.63) is 62.6 Å². The molecule has 2 aliphatic heterocycles. The molecule has 0 aliphatic carbocycles. The molecule has 132 valence electrons. The minimum Gasteiger partial charge on any atom is -0.299 e. The van der Waals surface area contributed by atoms with Crippen molar-refractivity contribution >= 4 is 51.1 Å². The van der Waals surface area contributed by atoms with Crippen LogP contribution in [-0.2, 0) is 4.79 Å². The molecule has 0 fully saturated rings. The summed E-state index contributed by atoms with van der Waals surface area (Å²) in [6.45, 7) is 0.0308. The van der Waals surface area contributed by atoms with Crippen molar-refractivity contribution in [3.8, 4) is 0 Å². The van der Waals surface area contributed by atoms with Gasteiger partial charge in [0.1, 0.15) is 11.6 Å². The number of fused-ring (bicyclic) bond motifs is 3. The maximum absolute atomic E-state index is 14.4. The Bertz CT molecular complexity index is 975. The largest absolute Gasteiger partial charge is 0.299 e. The van der Waals surface area contributed by atoms with Crippen LogP contribution in [0.3, 0.4) is 0 Å². The van der Waals surface area contributed by atoms with E-state index in [1.54, 1.807) is 17.0 Å². The van der Waals surface area contributed by atoms with Crippen LogP contribution >= 0.6 is 27.5 Å². The van der Waals surface area contributed by atoms with E-state index in [2.05, 4.69) is 31.4 Å². The molecule has 0 amide bonds. The van der Waals surface area contributed by atoms with Crippen molar-refractivity contribution in [1.29, 1.82) is 0 Å². The number of hydrogen-bond donors (Lipinski definition) is 1. The number of carbonyl (C=O) groups excluding carboxylic acids is 1. The lowest BCUT2D eigenvalue weighted by atomic mass is 9.99. The summed E-state index contributed by atoms with van der Waals surface area (Å²) >= 11 is 9.80. The molecule has 0 bridgehead atoms. The number of rotatable bonds is 2. The molecule has 0 spiro atoms. The molecule has 26 heavy (non-hydrogen) atoms. The van der Waals surface area contributed by atoms with Gasteiger partial charge in [-0.25, -0.2) is 8.78 Å². The fraction of sp³-hybridized carbons (Fsp3) is 0.118. The SMILES string of the molecule is O=CC1NN=C2CN=C(c3c(F)cccc3F)c3c(ccc(Br)c3Cl)N21. The molecule has 2 heterocycles. The highest BCUT2D eigenvalue weighted by atomic mass is 79.9. The summed E-state index contributed by atoms with van der Waals surface area (Å²) in [6.07, 6.45) is -0.0636. The van der Waals surface area contributed by atoms with Gasteiger partial charge < -0.3 is 0 Å². The zero-order valence-electron chi connectivity index (χ0n) is 13.0. The highest BCUT2D eigenvalue weighted by Crippen LogP contribution is 2.39. The van der Waals surface area contributed by atoms with Gasteiger partial charge in [0.15, 0.2) is 18.3 Å². The average molecular weight is 440 g/mol. The van der Waals surface area contributed by atoms with E-state index >= 15 is 0 Å². The fourth-order valence-electron chi connectivity index (χ4n) is 3.03. The lowest BCUT2D eigenvalue weighted by Gasteiger charge is -2.25. The summed E-state index contributed by atoms with van der Waals surface area (Å²) in [4.78, 5) is 17.4. The van der Waals surface area contributed by atoms with Crippen LogP contribution in [0.15, 0.2) is 44.9 Å². The maximum atomic E-state index is 14.4. The summed E-state index contributed by atoms with van der Waals surface area (Å²) in [5, 5.41) is 4.34. The summed E-state index contributed by atoms with van der Waals surface area (Å²) in [7, 11) is 0. The van der Waals surface area contributed by atoms with Gasteiger partial charge in [-0.05, 0) is 40.2 Å². The molecule has 2 aromatic carbocycles. The third kappa shape index (κ3) is 2.52. The number of hydrazone groups is 1. The molecule has 0 saturated carbocycles. The van der Waals surface area contributed by atoms with Gasteiger partial charge in [0.25, 0.3) is 0 Å². The Morgan fingerprint density at radius 2 is 1.96 bits per heavy atom. The lowest BCUT2D eigenvalue weighted by Crippen LogP contribution is -2.42. The molecule has 0 saturated heterocycles. The molecular weight excluding hydrogens is 430 g/mol. The lowest BCUT2D eigenvalue weighted by molar-refractivity contribution is -0.109. The van der Waals surface area contributed by atoms with Crippen molar-refractivity contribution in [3.63, 3.8) is 0 Å². The third-order valence-corrected chi connectivity index (χ3v) is 5.44. The highest BCUT2D eigenvalue weighted by Gasteiger charge is 2.35. The van der Waals surface area contributed by atoms with E-state index < -0.39 is 17.8 Å². The van der Waals surface area contributed by atoms with Gasteiger partial charge >= 0.3 is 0 Å². The van der Waals surface area contributed by atoms with E-state index in [9.17, 15) is 13.6 Å². The van der Waals surface area contributed by atoms with Gasteiger partial charge in [0.05, 0.1) is 28.5 Å². The maximum Gasteiger partial charge on any atom is 0.177 e. The molecule has 5 nitrogen and oxygen atoms in total. The standard InChI is InChI=1S/C17H10BrClF2N4O/c18-8-4-5-11-15(16(8)19)17(14-9(20)2-1-3-10(14)21)22-6-12-23-24-13(7-26)25(11)12/h1-5,7,13,24H,6H2. The van der Waals surface area contributed by atoms with Crippen molar-refractivity contribution < 1.29 is 13.6 Å². The first-order valence-corrected chi connectivity index (χ1v) is 8.74. The molecule has 1 unspecified atom stereocenters. The first kappa shape index (κ1) is 17.1. The molecule has 0 aromatic heterocycles. The van der Waals surface area contributed by atoms with Crippen LogP contribution in [-0.4, -0.2) is 30.5 Å². The number of carbonyl (C=O) groups is 1. The summed E-state index contributed by atoms with van der Waals surface area (Å²) in [6, 6.07) is 6.99. The Labute approximate surface area is 160 Å². The van der Waals surface area contributed by atoms with Crippen LogP contribution in [0.4, 0.5) is 14.5 Å². The van der Waals surface area contributed by atoms with Crippen LogP contribution in [0.25, 0.3) is 0 Å².